The number of hydrogen-bond donors (Lipinski definition) is 4. The molecular weight excluding hydrogens is 308 g/mol. The van der Waals surface area contributed by atoms with E-state index in [1.165, 1.54) is 0 Å². The van der Waals surface area contributed by atoms with Crippen LogP contribution in [0, 0.1) is 0 Å². The maximum absolute atomic E-state index is 8.95. The number of nitrogens with zero attached hydrogens (tertiary/aromatic N) is 3. The Labute approximate surface area is 141 Å². The van der Waals surface area contributed by atoms with Crippen molar-refractivity contribution in [2.45, 2.75) is 19.8 Å². The highest BCUT2D eigenvalue weighted by Gasteiger charge is 2.07. The van der Waals surface area contributed by atoms with E-state index in [1.54, 1.807) is 7.11 Å². The maximum Gasteiger partial charge on any atom is 0.233 e. The summed E-state index contributed by atoms with van der Waals surface area (Å²) in [4.78, 5) is 13.0. The van der Waals surface area contributed by atoms with Crippen molar-refractivity contribution in [1.82, 2.24) is 15.0 Å². The Morgan fingerprint density at radius 3 is 2.17 bits per heavy atom. The van der Waals surface area contributed by atoms with Gasteiger partial charge in [0, 0.05) is 18.8 Å². The number of aliphatic hydroxyl groups is 1. The van der Waals surface area contributed by atoms with Crippen molar-refractivity contribution in [1.29, 1.82) is 0 Å². The second kappa shape index (κ2) is 9.51. The summed E-state index contributed by atoms with van der Waals surface area (Å²) in [6.07, 6.45) is 2.12. The van der Waals surface area contributed by atoms with E-state index in [1.807, 2.05) is 24.3 Å². The zero-order valence-electron chi connectivity index (χ0n) is 14.0. The predicted molar refractivity (Wildman–Crippen MR) is 95.1 cm³/mol. The van der Waals surface area contributed by atoms with Crippen LogP contribution in [0.4, 0.5) is 23.5 Å². The van der Waals surface area contributed by atoms with Crippen LogP contribution in [-0.2, 0) is 0 Å². The molecule has 0 saturated heterocycles. The molecule has 1 aromatic heterocycles. The SMILES string of the molecule is CCCCNc1nc(NCCO)nc(Nc2ccc(OC)cc2)n1. The minimum absolute atomic E-state index is 0.00548. The van der Waals surface area contributed by atoms with Crippen LogP contribution in [0.2, 0.25) is 0 Å². The lowest BCUT2D eigenvalue weighted by Gasteiger charge is -2.11. The summed E-state index contributed by atoms with van der Waals surface area (Å²) in [5.41, 5.74) is 0.842. The van der Waals surface area contributed by atoms with E-state index in [0.717, 1.165) is 30.8 Å². The summed E-state index contributed by atoms with van der Waals surface area (Å²) in [5.74, 6) is 2.11. The fraction of sp³-hybridized carbons (Fsp3) is 0.438. The molecule has 0 atom stereocenters. The van der Waals surface area contributed by atoms with Crippen LogP contribution in [-0.4, -0.2) is 46.9 Å². The van der Waals surface area contributed by atoms with E-state index < -0.39 is 0 Å². The molecule has 1 heterocycles. The molecule has 1 aromatic carbocycles. The van der Waals surface area contributed by atoms with Crippen molar-refractivity contribution < 1.29 is 9.84 Å². The van der Waals surface area contributed by atoms with E-state index >= 15 is 0 Å². The van der Waals surface area contributed by atoms with Gasteiger partial charge in [-0.15, -0.1) is 0 Å². The smallest absolute Gasteiger partial charge is 0.233 e. The average molecular weight is 332 g/mol. The molecule has 0 aliphatic rings. The first-order valence-corrected chi connectivity index (χ1v) is 8.01. The third-order valence-electron chi connectivity index (χ3n) is 3.19. The molecule has 2 aromatic rings. The predicted octanol–water partition coefficient (Wildman–Crippen LogP) is 2.24. The van der Waals surface area contributed by atoms with Gasteiger partial charge in [0.25, 0.3) is 0 Å². The summed E-state index contributed by atoms with van der Waals surface area (Å²) in [6.45, 7) is 3.30. The number of nitrogens with one attached hydrogen (secondary N) is 3. The fourth-order valence-corrected chi connectivity index (χ4v) is 1.94. The Balaban J connectivity index is 2.13. The molecule has 8 nitrogen and oxygen atoms in total. The number of aromatic nitrogens is 3. The Morgan fingerprint density at radius 2 is 1.58 bits per heavy atom. The van der Waals surface area contributed by atoms with Gasteiger partial charge in [0.15, 0.2) is 0 Å². The summed E-state index contributed by atoms with van der Waals surface area (Å²) in [6, 6.07) is 7.48. The number of anilines is 4. The van der Waals surface area contributed by atoms with Crippen molar-refractivity contribution in [2.24, 2.45) is 0 Å². The number of aliphatic hydroxyl groups excluding tert-OH is 1. The number of benzene rings is 1. The normalized spacial score (nSPS) is 10.3. The molecule has 0 amide bonds. The Bertz CT molecular complexity index is 620. The van der Waals surface area contributed by atoms with Gasteiger partial charge in [-0.05, 0) is 30.7 Å². The van der Waals surface area contributed by atoms with Crippen molar-refractivity contribution in [3.05, 3.63) is 24.3 Å². The monoisotopic (exact) mass is 332 g/mol. The third-order valence-corrected chi connectivity index (χ3v) is 3.19. The van der Waals surface area contributed by atoms with Crippen LogP contribution in [0.5, 0.6) is 5.75 Å². The Hall–Kier alpha value is -2.61. The van der Waals surface area contributed by atoms with Gasteiger partial charge in [-0.2, -0.15) is 15.0 Å². The fourth-order valence-electron chi connectivity index (χ4n) is 1.94. The summed E-state index contributed by atoms with van der Waals surface area (Å²) in [5, 5.41) is 18.2. The number of ether oxygens (including phenoxy) is 1. The van der Waals surface area contributed by atoms with Crippen LogP contribution in [0.3, 0.4) is 0 Å². The lowest BCUT2D eigenvalue weighted by Crippen LogP contribution is -2.13. The Morgan fingerprint density at radius 1 is 0.958 bits per heavy atom. The highest BCUT2D eigenvalue weighted by molar-refractivity contribution is 5.56. The molecule has 2 rings (SSSR count). The van der Waals surface area contributed by atoms with Crippen molar-refractivity contribution >= 4 is 23.5 Å². The summed E-state index contributed by atoms with van der Waals surface area (Å²) < 4.78 is 5.14. The van der Waals surface area contributed by atoms with Gasteiger partial charge >= 0.3 is 0 Å². The zero-order chi connectivity index (χ0) is 17.2. The minimum atomic E-state index is 0.00548. The molecular formula is C16H24N6O2. The molecule has 8 heteroatoms. The lowest BCUT2D eigenvalue weighted by molar-refractivity contribution is 0.311. The van der Waals surface area contributed by atoms with Crippen molar-refractivity contribution in [3.8, 4) is 5.75 Å². The topological polar surface area (TPSA) is 104 Å². The highest BCUT2D eigenvalue weighted by Crippen LogP contribution is 2.19. The number of unbranched alkanes of at least 4 members (excludes halogenated alkanes) is 1. The van der Waals surface area contributed by atoms with Crippen LogP contribution >= 0.6 is 0 Å². The molecule has 0 bridgehead atoms. The van der Waals surface area contributed by atoms with Gasteiger partial charge in [0.1, 0.15) is 5.75 Å². The highest BCUT2D eigenvalue weighted by atomic mass is 16.5. The first-order valence-electron chi connectivity index (χ1n) is 8.01. The zero-order valence-corrected chi connectivity index (χ0v) is 14.0. The second-order valence-corrected chi connectivity index (χ2v) is 5.09. The number of rotatable bonds is 10. The first kappa shape index (κ1) is 17.7. The summed E-state index contributed by atoms with van der Waals surface area (Å²) >= 11 is 0. The van der Waals surface area contributed by atoms with E-state index in [9.17, 15) is 0 Å². The van der Waals surface area contributed by atoms with Crippen molar-refractivity contribution in [3.63, 3.8) is 0 Å². The first-order chi connectivity index (χ1) is 11.7. The molecule has 0 fully saturated rings. The maximum atomic E-state index is 8.95. The minimum Gasteiger partial charge on any atom is -0.497 e. The molecule has 24 heavy (non-hydrogen) atoms. The number of methoxy groups -OCH3 is 1. The lowest BCUT2D eigenvalue weighted by atomic mass is 10.3. The standard InChI is InChI=1S/C16H24N6O2/c1-3-4-9-17-14-20-15(18-10-11-23)22-16(21-14)19-12-5-7-13(24-2)8-6-12/h5-8,23H,3-4,9-11H2,1-2H3,(H3,17,18,19,20,21,22). The second-order valence-electron chi connectivity index (χ2n) is 5.09. The van der Waals surface area contributed by atoms with Crippen LogP contribution < -0.4 is 20.7 Å². The molecule has 0 saturated carbocycles. The average Bonchev–Trinajstić information content (AvgIpc) is 2.61. The quantitative estimate of drug-likeness (QED) is 0.491. The summed E-state index contributed by atoms with van der Waals surface area (Å²) in [7, 11) is 1.63. The molecule has 0 radical (unpaired) electrons. The largest absolute Gasteiger partial charge is 0.497 e. The van der Waals surface area contributed by atoms with E-state index in [0.29, 0.717) is 24.4 Å². The number of hydrogen-bond acceptors (Lipinski definition) is 8. The molecule has 0 aliphatic carbocycles. The molecule has 130 valence electrons. The van der Waals surface area contributed by atoms with Crippen LogP contribution in [0.1, 0.15) is 19.8 Å². The molecule has 0 spiro atoms. The van der Waals surface area contributed by atoms with Gasteiger partial charge in [-0.25, -0.2) is 0 Å². The van der Waals surface area contributed by atoms with Gasteiger partial charge in [-0.3, -0.25) is 0 Å². The molecule has 4 N–H and O–H groups in total. The van der Waals surface area contributed by atoms with Crippen LogP contribution in [0.15, 0.2) is 24.3 Å². The Kier molecular flexibility index (Phi) is 7.03. The van der Waals surface area contributed by atoms with Gasteiger partial charge < -0.3 is 25.8 Å². The van der Waals surface area contributed by atoms with E-state index in [-0.39, 0.29) is 6.61 Å². The third kappa shape index (κ3) is 5.54. The molecule has 0 aliphatic heterocycles. The van der Waals surface area contributed by atoms with E-state index in [4.69, 9.17) is 9.84 Å². The van der Waals surface area contributed by atoms with Crippen molar-refractivity contribution in [2.75, 3.05) is 42.8 Å². The van der Waals surface area contributed by atoms with Crippen LogP contribution in [0.25, 0.3) is 0 Å². The van der Waals surface area contributed by atoms with E-state index in [2.05, 4.69) is 37.8 Å². The molecule has 0 unspecified atom stereocenters. The van der Waals surface area contributed by atoms with Gasteiger partial charge in [0.2, 0.25) is 17.8 Å². The van der Waals surface area contributed by atoms with Gasteiger partial charge in [0.05, 0.1) is 13.7 Å². The van der Waals surface area contributed by atoms with Gasteiger partial charge in [-0.1, -0.05) is 13.3 Å².